The van der Waals surface area contributed by atoms with Gasteiger partial charge in [-0.3, -0.25) is 0 Å². The zero-order valence-corrected chi connectivity index (χ0v) is 45.0. The summed E-state index contributed by atoms with van der Waals surface area (Å²) >= 11 is 0. The van der Waals surface area contributed by atoms with Crippen LogP contribution in [-0.4, -0.2) is 0 Å². The van der Waals surface area contributed by atoms with Gasteiger partial charge in [0.25, 0.3) is 0 Å². The second-order valence-electron chi connectivity index (χ2n) is 24.7. The number of fused-ring (bicyclic) bond motifs is 22. The van der Waals surface area contributed by atoms with E-state index in [0.717, 1.165) is 72.3 Å². The van der Waals surface area contributed by atoms with E-state index in [1.165, 1.54) is 94.0 Å². The Hall–Kier alpha value is -8.60. The highest BCUT2D eigenvalue weighted by Crippen LogP contribution is 2.64. The highest BCUT2D eigenvalue weighted by molar-refractivity contribution is 6.22. The third kappa shape index (κ3) is 5.78. The molecule has 0 radical (unpaired) electrons. The summed E-state index contributed by atoms with van der Waals surface area (Å²) in [5, 5.41) is 6.93. The summed E-state index contributed by atoms with van der Waals surface area (Å²) in [5.74, 6) is 0. The molecule has 10 aromatic carbocycles. The average molecular weight is 996 g/mol. The van der Waals surface area contributed by atoms with Crippen molar-refractivity contribution >= 4 is 82.9 Å². The van der Waals surface area contributed by atoms with Gasteiger partial charge in [0.05, 0.1) is 0 Å². The van der Waals surface area contributed by atoms with Crippen LogP contribution in [0.25, 0.3) is 110 Å². The highest BCUT2D eigenvalue weighted by Gasteiger charge is 2.49. The number of anilines is 3. The minimum absolute atomic E-state index is 0.0755. The van der Waals surface area contributed by atoms with Gasteiger partial charge in [0.2, 0.25) is 0 Å². The lowest BCUT2D eigenvalue weighted by atomic mass is 9.72. The van der Waals surface area contributed by atoms with E-state index in [2.05, 4.69) is 243 Å². The lowest BCUT2D eigenvalue weighted by molar-refractivity contribution is 0.591. The molecule has 0 saturated heterocycles. The van der Waals surface area contributed by atoms with E-state index in [9.17, 15) is 0 Å². The van der Waals surface area contributed by atoms with Crippen molar-refractivity contribution in [1.29, 1.82) is 0 Å². The van der Waals surface area contributed by atoms with E-state index in [-0.39, 0.29) is 21.7 Å². The maximum absolute atomic E-state index is 7.10. The molecule has 0 saturated carbocycles. The highest BCUT2D eigenvalue weighted by atomic mass is 16.3. The molecule has 3 heterocycles. The fourth-order valence-electron chi connectivity index (χ4n) is 14.8. The molecule has 3 aliphatic rings. The van der Waals surface area contributed by atoms with Crippen LogP contribution in [0.1, 0.15) is 101 Å². The molecule has 0 bridgehead atoms. The van der Waals surface area contributed by atoms with Gasteiger partial charge in [-0.15, -0.1) is 0 Å². The van der Waals surface area contributed by atoms with Crippen molar-refractivity contribution in [2.75, 3.05) is 4.90 Å². The monoisotopic (exact) mass is 995 g/mol. The van der Waals surface area contributed by atoms with Crippen molar-refractivity contribution in [3.63, 3.8) is 0 Å². The largest absolute Gasteiger partial charge is 0.456 e. The van der Waals surface area contributed by atoms with Crippen LogP contribution in [0, 0.1) is 0 Å². The number of nitrogens with zero attached hydrogens (tertiary/aromatic N) is 1. The smallest absolute Gasteiger partial charge is 0.144 e. The Morgan fingerprint density at radius 2 is 0.818 bits per heavy atom. The molecule has 0 amide bonds. The Morgan fingerprint density at radius 1 is 0.338 bits per heavy atom. The first-order valence-corrected chi connectivity index (χ1v) is 27.3. The van der Waals surface area contributed by atoms with Gasteiger partial charge in [0, 0.05) is 82.8 Å². The SMILES string of the molecule is CC(C)(C)c1ccccc1-c1cc2c(c3c1oc1ccccc13)-c1ccc(N(c3ccc4c(c3)C(C)(C)c3c5c(c6c(oc7ccccc76)c3-4)-c3ccccc3C5(C)C)c3ccc4c(c3)oc3ccccc34)cc1C2(C)C. The molecule has 0 unspecified atom stereocenters. The Morgan fingerprint density at radius 3 is 1.51 bits per heavy atom. The zero-order chi connectivity index (χ0) is 52.2. The standard InChI is InChI=1S/C73H57NO3/c1-70(2,3)52-25-15-10-20-43(52)51-39-56-61(63-49-23-13-18-28-58(49)76-68(51)63)47-34-31-40(36-54(47)71(56,4)5)74(42-30-33-45-44-21-12-17-27-57(44)75-60(45)38-42)41-32-35-48-55(37-41)73(8,9)67-65(48)69-64(50-24-14-19-29-59(50)77-69)62-46-22-11-16-26-53(46)72(6,7)66(62)67/h10-39H,1-9H3. The molecule has 0 spiro atoms. The van der Waals surface area contributed by atoms with Crippen molar-refractivity contribution in [3.05, 3.63) is 221 Å². The van der Waals surface area contributed by atoms with Gasteiger partial charge in [-0.1, -0.05) is 178 Å². The lowest BCUT2D eigenvalue weighted by Gasteiger charge is -2.32. The fraction of sp³-hybridized carbons (Fsp3) is 0.178. The first-order valence-electron chi connectivity index (χ1n) is 27.3. The maximum Gasteiger partial charge on any atom is 0.144 e. The first kappa shape index (κ1) is 44.7. The first-order chi connectivity index (χ1) is 37.1. The van der Waals surface area contributed by atoms with E-state index in [1.54, 1.807) is 0 Å². The molecule has 77 heavy (non-hydrogen) atoms. The summed E-state index contributed by atoms with van der Waals surface area (Å²) in [7, 11) is 0. The van der Waals surface area contributed by atoms with Crippen LogP contribution in [-0.2, 0) is 21.7 Å². The Bertz CT molecular complexity index is 4770. The molecular formula is C73H57NO3. The van der Waals surface area contributed by atoms with Crippen molar-refractivity contribution in [1.82, 2.24) is 0 Å². The van der Waals surface area contributed by atoms with Crippen LogP contribution in [0.2, 0.25) is 0 Å². The molecule has 4 heteroatoms. The van der Waals surface area contributed by atoms with Gasteiger partial charge in [-0.2, -0.15) is 0 Å². The number of furan rings is 3. The molecule has 0 atom stereocenters. The molecular weight excluding hydrogens is 939 g/mol. The van der Waals surface area contributed by atoms with Crippen LogP contribution >= 0.6 is 0 Å². The molecule has 3 aliphatic carbocycles. The number of rotatable bonds is 4. The average Bonchev–Trinajstić information content (AvgIpc) is 4.44. The molecule has 13 aromatic rings. The van der Waals surface area contributed by atoms with Crippen LogP contribution in [0.3, 0.4) is 0 Å². The minimum atomic E-state index is -0.380. The molecule has 0 aliphatic heterocycles. The van der Waals surface area contributed by atoms with Gasteiger partial charge in [-0.05, 0) is 138 Å². The van der Waals surface area contributed by atoms with Crippen molar-refractivity contribution in [2.24, 2.45) is 0 Å². The molecule has 372 valence electrons. The van der Waals surface area contributed by atoms with Gasteiger partial charge >= 0.3 is 0 Å². The van der Waals surface area contributed by atoms with E-state index in [1.807, 2.05) is 6.07 Å². The molecule has 4 nitrogen and oxygen atoms in total. The summed E-state index contributed by atoms with van der Waals surface area (Å²) in [6.07, 6.45) is 0. The molecule has 0 N–H and O–H groups in total. The van der Waals surface area contributed by atoms with Crippen LogP contribution < -0.4 is 4.90 Å². The number of para-hydroxylation sites is 3. The van der Waals surface area contributed by atoms with E-state index >= 15 is 0 Å². The normalized spacial score (nSPS) is 15.4. The molecule has 3 aromatic heterocycles. The predicted molar refractivity (Wildman–Crippen MR) is 320 cm³/mol. The fourth-order valence-corrected chi connectivity index (χ4v) is 14.8. The summed E-state index contributed by atoms with van der Waals surface area (Å²) in [5.41, 5.74) is 26.9. The van der Waals surface area contributed by atoms with E-state index in [0.29, 0.717) is 0 Å². The van der Waals surface area contributed by atoms with Gasteiger partial charge < -0.3 is 18.2 Å². The maximum atomic E-state index is 7.10. The third-order valence-electron chi connectivity index (χ3n) is 18.3. The molecule has 0 fully saturated rings. The van der Waals surface area contributed by atoms with Gasteiger partial charge in [-0.25, -0.2) is 0 Å². The number of hydrogen-bond donors (Lipinski definition) is 0. The summed E-state index contributed by atoms with van der Waals surface area (Å²) in [6.45, 7) is 21.4. The number of benzene rings is 10. The third-order valence-corrected chi connectivity index (χ3v) is 18.3. The van der Waals surface area contributed by atoms with Crippen LogP contribution in [0.4, 0.5) is 17.1 Å². The predicted octanol–water partition coefficient (Wildman–Crippen LogP) is 20.7. The second-order valence-corrected chi connectivity index (χ2v) is 24.7. The van der Waals surface area contributed by atoms with E-state index < -0.39 is 0 Å². The second kappa shape index (κ2) is 14.9. The van der Waals surface area contributed by atoms with Crippen LogP contribution in [0.15, 0.2) is 195 Å². The Balaban J connectivity index is 0.929. The summed E-state index contributed by atoms with van der Waals surface area (Å²) in [4.78, 5) is 2.46. The van der Waals surface area contributed by atoms with Crippen molar-refractivity contribution < 1.29 is 13.3 Å². The summed E-state index contributed by atoms with van der Waals surface area (Å²) in [6, 6.07) is 67.0. The van der Waals surface area contributed by atoms with E-state index in [4.69, 9.17) is 13.3 Å². The lowest BCUT2D eigenvalue weighted by Crippen LogP contribution is -2.24. The van der Waals surface area contributed by atoms with Crippen LogP contribution in [0.5, 0.6) is 0 Å². The van der Waals surface area contributed by atoms with Gasteiger partial charge in [0.1, 0.15) is 33.5 Å². The van der Waals surface area contributed by atoms with Crippen molar-refractivity contribution in [3.8, 4) is 44.5 Å². The zero-order valence-electron chi connectivity index (χ0n) is 45.0. The van der Waals surface area contributed by atoms with Gasteiger partial charge in [0.15, 0.2) is 0 Å². The van der Waals surface area contributed by atoms with Crippen molar-refractivity contribution in [2.45, 2.75) is 84.0 Å². The topological polar surface area (TPSA) is 42.7 Å². The quantitative estimate of drug-likeness (QED) is 0.176. The summed E-state index contributed by atoms with van der Waals surface area (Å²) < 4.78 is 20.8. The Kier molecular flexibility index (Phi) is 8.62. The minimum Gasteiger partial charge on any atom is -0.456 e. The Labute approximate surface area is 448 Å². The number of hydrogen-bond acceptors (Lipinski definition) is 4. The molecule has 16 rings (SSSR count).